The number of hydrogen-bond donors (Lipinski definition) is 1. The molecule has 19 heavy (non-hydrogen) atoms. The lowest BCUT2D eigenvalue weighted by molar-refractivity contribution is 0.470. The van der Waals surface area contributed by atoms with Crippen molar-refractivity contribution in [2.75, 3.05) is 5.73 Å². The summed E-state index contributed by atoms with van der Waals surface area (Å²) in [6.45, 7) is 2.00. The number of benzene rings is 2. The van der Waals surface area contributed by atoms with Gasteiger partial charge >= 0.3 is 0 Å². The van der Waals surface area contributed by atoms with Gasteiger partial charge in [0.2, 0.25) is 0 Å². The van der Waals surface area contributed by atoms with Crippen LogP contribution < -0.4 is 10.5 Å². The zero-order chi connectivity index (χ0) is 13.2. The van der Waals surface area contributed by atoms with Crippen molar-refractivity contribution in [2.45, 2.75) is 32.6 Å². The molecule has 2 nitrogen and oxygen atoms in total. The summed E-state index contributed by atoms with van der Waals surface area (Å²) in [4.78, 5) is 0. The normalized spacial score (nSPS) is 13.9. The first-order chi connectivity index (χ1) is 9.24. The van der Waals surface area contributed by atoms with Crippen LogP contribution in [0, 0.1) is 6.92 Å². The number of hydrogen-bond acceptors (Lipinski definition) is 2. The van der Waals surface area contributed by atoms with E-state index in [0.29, 0.717) is 0 Å². The zero-order valence-corrected chi connectivity index (χ0v) is 11.3. The molecule has 2 N–H and O–H groups in total. The zero-order valence-electron chi connectivity index (χ0n) is 11.3. The summed E-state index contributed by atoms with van der Waals surface area (Å²) >= 11 is 0. The fraction of sp³-hybridized carbons (Fsp3) is 0.294. The molecule has 0 heterocycles. The van der Waals surface area contributed by atoms with Crippen LogP contribution in [-0.4, -0.2) is 0 Å². The Kier molecular flexibility index (Phi) is 3.16. The lowest BCUT2D eigenvalue weighted by atomic mass is 9.91. The molecule has 0 saturated heterocycles. The summed E-state index contributed by atoms with van der Waals surface area (Å²) in [6.07, 6.45) is 4.85. The molecule has 0 atom stereocenters. The lowest BCUT2D eigenvalue weighted by Gasteiger charge is -2.19. The van der Waals surface area contributed by atoms with Crippen LogP contribution in [0.3, 0.4) is 0 Å². The van der Waals surface area contributed by atoms with Gasteiger partial charge in [-0.05, 0) is 73.6 Å². The second-order valence-electron chi connectivity index (χ2n) is 5.22. The monoisotopic (exact) mass is 253 g/mol. The van der Waals surface area contributed by atoms with Gasteiger partial charge in [0, 0.05) is 5.69 Å². The van der Waals surface area contributed by atoms with E-state index in [4.69, 9.17) is 10.5 Å². The molecule has 2 heteroatoms. The first kappa shape index (κ1) is 12.1. The van der Waals surface area contributed by atoms with E-state index in [1.165, 1.54) is 30.4 Å². The number of rotatable bonds is 2. The van der Waals surface area contributed by atoms with Gasteiger partial charge < -0.3 is 10.5 Å². The molecule has 0 amide bonds. The van der Waals surface area contributed by atoms with Crippen LogP contribution in [0.4, 0.5) is 5.69 Å². The quantitative estimate of drug-likeness (QED) is 0.812. The van der Waals surface area contributed by atoms with Crippen molar-refractivity contribution in [3.63, 3.8) is 0 Å². The van der Waals surface area contributed by atoms with Crippen molar-refractivity contribution < 1.29 is 4.74 Å². The summed E-state index contributed by atoms with van der Waals surface area (Å²) in [5, 5.41) is 0. The smallest absolute Gasteiger partial charge is 0.130 e. The third kappa shape index (κ3) is 2.43. The minimum Gasteiger partial charge on any atom is -0.457 e. The largest absolute Gasteiger partial charge is 0.457 e. The number of nitrogens with two attached hydrogens (primary N) is 1. The number of fused-ring (bicyclic) bond motifs is 1. The highest BCUT2D eigenvalue weighted by atomic mass is 16.5. The summed E-state index contributed by atoms with van der Waals surface area (Å²) < 4.78 is 6.06. The van der Waals surface area contributed by atoms with Crippen LogP contribution in [-0.2, 0) is 12.8 Å². The van der Waals surface area contributed by atoms with E-state index in [1.807, 2.05) is 25.1 Å². The second-order valence-corrected chi connectivity index (χ2v) is 5.22. The maximum atomic E-state index is 6.06. The van der Waals surface area contributed by atoms with Gasteiger partial charge in [-0.15, -0.1) is 0 Å². The first-order valence-electron chi connectivity index (χ1n) is 6.89. The molecule has 1 aliphatic rings. The van der Waals surface area contributed by atoms with Gasteiger partial charge in [-0.2, -0.15) is 0 Å². The Morgan fingerprint density at radius 1 is 1.05 bits per heavy atom. The van der Waals surface area contributed by atoms with Crippen LogP contribution in [0.1, 0.15) is 29.5 Å². The highest BCUT2D eigenvalue weighted by Crippen LogP contribution is 2.33. The molecule has 3 rings (SSSR count). The first-order valence-corrected chi connectivity index (χ1v) is 6.89. The average molecular weight is 253 g/mol. The van der Waals surface area contributed by atoms with Gasteiger partial charge in [0.05, 0.1) is 0 Å². The number of ether oxygens (including phenoxy) is 1. The molecule has 2 aromatic rings. The summed E-state index contributed by atoms with van der Waals surface area (Å²) in [5.41, 5.74) is 10.5. The Hall–Kier alpha value is -1.96. The third-order valence-electron chi connectivity index (χ3n) is 3.82. The average Bonchev–Trinajstić information content (AvgIpc) is 2.43. The Morgan fingerprint density at radius 3 is 2.74 bits per heavy atom. The third-order valence-corrected chi connectivity index (χ3v) is 3.82. The van der Waals surface area contributed by atoms with Crippen LogP contribution in [0.5, 0.6) is 11.5 Å². The molecule has 2 aromatic carbocycles. The molecular formula is C17H19NO. The van der Waals surface area contributed by atoms with Crippen molar-refractivity contribution in [3.05, 3.63) is 53.1 Å². The van der Waals surface area contributed by atoms with E-state index in [1.54, 1.807) is 0 Å². The highest BCUT2D eigenvalue weighted by Gasteiger charge is 2.14. The summed E-state index contributed by atoms with van der Waals surface area (Å²) in [7, 11) is 0. The second kappa shape index (κ2) is 4.96. The minimum atomic E-state index is 0.808. The van der Waals surface area contributed by atoms with Crippen molar-refractivity contribution in [3.8, 4) is 11.5 Å². The molecule has 1 aliphatic carbocycles. The number of aryl methyl sites for hydroxylation is 2. The predicted octanol–water partition coefficient (Wildman–Crippen LogP) is 4.25. The van der Waals surface area contributed by atoms with Gasteiger partial charge in [-0.25, -0.2) is 0 Å². The van der Waals surface area contributed by atoms with E-state index in [2.05, 4.69) is 18.2 Å². The van der Waals surface area contributed by atoms with Crippen LogP contribution >= 0.6 is 0 Å². The molecule has 0 saturated carbocycles. The molecule has 98 valence electrons. The maximum absolute atomic E-state index is 6.06. The molecule has 0 spiro atoms. The molecule has 0 radical (unpaired) electrons. The Balaban J connectivity index is 1.92. The van der Waals surface area contributed by atoms with Gasteiger partial charge in [0.25, 0.3) is 0 Å². The van der Waals surface area contributed by atoms with Crippen LogP contribution in [0.25, 0.3) is 0 Å². The van der Waals surface area contributed by atoms with Crippen LogP contribution in [0.15, 0.2) is 36.4 Å². The fourth-order valence-corrected chi connectivity index (χ4v) is 2.68. The fourth-order valence-electron chi connectivity index (χ4n) is 2.68. The van der Waals surface area contributed by atoms with Gasteiger partial charge in [-0.1, -0.05) is 12.1 Å². The van der Waals surface area contributed by atoms with Gasteiger partial charge in [0.1, 0.15) is 11.5 Å². The van der Waals surface area contributed by atoms with E-state index < -0.39 is 0 Å². The predicted molar refractivity (Wildman–Crippen MR) is 78.7 cm³/mol. The summed E-state index contributed by atoms with van der Waals surface area (Å²) in [5.74, 6) is 1.87. The molecular weight excluding hydrogens is 234 g/mol. The summed E-state index contributed by atoms with van der Waals surface area (Å²) in [6, 6.07) is 12.2. The molecule has 0 unspecified atom stereocenters. The van der Waals surface area contributed by atoms with Gasteiger partial charge in [-0.3, -0.25) is 0 Å². The van der Waals surface area contributed by atoms with Crippen molar-refractivity contribution in [2.24, 2.45) is 0 Å². The van der Waals surface area contributed by atoms with Crippen molar-refractivity contribution in [1.82, 2.24) is 0 Å². The molecule has 0 aromatic heterocycles. The molecule has 0 bridgehead atoms. The molecule has 0 fully saturated rings. The molecule has 0 aliphatic heterocycles. The van der Waals surface area contributed by atoms with Crippen molar-refractivity contribution in [1.29, 1.82) is 0 Å². The van der Waals surface area contributed by atoms with Crippen molar-refractivity contribution >= 4 is 5.69 Å². The SMILES string of the molecule is Cc1cc(Oc2cccc3c2CCCC3)ccc1N. The lowest BCUT2D eigenvalue weighted by Crippen LogP contribution is -2.04. The Labute approximate surface area is 114 Å². The van der Waals surface area contributed by atoms with E-state index in [9.17, 15) is 0 Å². The van der Waals surface area contributed by atoms with E-state index in [0.717, 1.165) is 29.2 Å². The van der Waals surface area contributed by atoms with E-state index in [-0.39, 0.29) is 0 Å². The number of nitrogen functional groups attached to an aromatic ring is 1. The van der Waals surface area contributed by atoms with Gasteiger partial charge in [0.15, 0.2) is 0 Å². The highest BCUT2D eigenvalue weighted by molar-refractivity contribution is 5.51. The van der Waals surface area contributed by atoms with E-state index >= 15 is 0 Å². The minimum absolute atomic E-state index is 0.808. The Bertz CT molecular complexity index is 604. The number of anilines is 1. The Morgan fingerprint density at radius 2 is 1.89 bits per heavy atom. The standard InChI is InChI=1S/C17H19NO/c1-12-11-14(9-10-16(12)18)19-17-8-4-6-13-5-2-3-7-15(13)17/h4,6,8-11H,2-3,5,7,18H2,1H3. The topological polar surface area (TPSA) is 35.2 Å². The maximum Gasteiger partial charge on any atom is 0.130 e. The van der Waals surface area contributed by atoms with Crippen LogP contribution in [0.2, 0.25) is 0 Å².